The van der Waals surface area contributed by atoms with Crippen LogP contribution in [-0.2, 0) is 17.8 Å². The molecule has 0 bridgehead atoms. The molecule has 1 aromatic heterocycles. The molecule has 0 aliphatic carbocycles. The summed E-state index contributed by atoms with van der Waals surface area (Å²) >= 11 is 0. The van der Waals surface area contributed by atoms with Gasteiger partial charge < -0.3 is 9.88 Å². The molecule has 1 fully saturated rings. The summed E-state index contributed by atoms with van der Waals surface area (Å²) in [6.07, 6.45) is 2.17. The molecular weight excluding hydrogens is 342 g/mol. The van der Waals surface area contributed by atoms with Gasteiger partial charge in [-0.3, -0.25) is 14.5 Å². The predicted molar refractivity (Wildman–Crippen MR) is 103 cm³/mol. The molecule has 0 saturated carbocycles. The highest BCUT2D eigenvalue weighted by atomic mass is 16.2. The smallest absolute Gasteiger partial charge is 0.325 e. The number of carbonyl (C=O) groups excluding carboxylic acids is 3. The fraction of sp³-hybridized carbons (Fsp3) is 0.286. The van der Waals surface area contributed by atoms with Gasteiger partial charge >= 0.3 is 6.03 Å². The topological polar surface area (TPSA) is 71.4 Å². The van der Waals surface area contributed by atoms with Gasteiger partial charge in [0, 0.05) is 29.9 Å². The molecule has 27 heavy (non-hydrogen) atoms. The van der Waals surface area contributed by atoms with Crippen LogP contribution >= 0.6 is 0 Å². The lowest BCUT2D eigenvalue weighted by molar-refractivity contribution is -0.127. The highest BCUT2D eigenvalue weighted by Gasteiger charge is 2.39. The number of aryl methyl sites for hydroxylation is 1. The van der Waals surface area contributed by atoms with Crippen LogP contribution in [0.4, 0.5) is 4.79 Å². The third-order valence-corrected chi connectivity index (χ3v) is 4.88. The molecule has 2 heterocycles. The molecule has 1 aliphatic heterocycles. The number of benzene rings is 1. The van der Waals surface area contributed by atoms with E-state index < -0.39 is 12.1 Å². The Morgan fingerprint density at radius 3 is 2.59 bits per heavy atom. The van der Waals surface area contributed by atoms with Gasteiger partial charge in [0.25, 0.3) is 5.91 Å². The van der Waals surface area contributed by atoms with E-state index in [1.54, 1.807) is 12.1 Å². The van der Waals surface area contributed by atoms with E-state index in [0.29, 0.717) is 18.5 Å². The summed E-state index contributed by atoms with van der Waals surface area (Å²) < 4.78 is 1.98. The summed E-state index contributed by atoms with van der Waals surface area (Å²) in [6.45, 7) is 7.84. The highest BCUT2D eigenvalue weighted by molar-refractivity contribution is 6.09. The van der Waals surface area contributed by atoms with Crippen molar-refractivity contribution in [2.75, 3.05) is 6.54 Å². The Kier molecular flexibility index (Phi) is 5.26. The van der Waals surface area contributed by atoms with Gasteiger partial charge in [0.2, 0.25) is 0 Å². The SMILES string of the molecule is C=CCn1c(C)cc(C(=O)CN2C(=O)NC(Cc3ccccc3)C2=O)c1C. The number of aromatic nitrogens is 1. The highest BCUT2D eigenvalue weighted by Crippen LogP contribution is 2.18. The van der Waals surface area contributed by atoms with Crippen LogP contribution in [0.1, 0.15) is 27.3 Å². The Bertz CT molecular complexity index is 899. The standard InChI is InChI=1S/C21H23N3O3/c1-4-10-23-14(2)11-17(15(23)3)19(25)13-24-20(26)18(22-21(24)27)12-16-8-6-5-7-9-16/h4-9,11,18H,1,10,12-13H2,2-3H3,(H,22,27). The average molecular weight is 365 g/mol. The van der Waals surface area contributed by atoms with Crippen molar-refractivity contribution in [3.63, 3.8) is 0 Å². The average Bonchev–Trinajstić information content (AvgIpc) is 3.07. The second-order valence-electron chi connectivity index (χ2n) is 6.72. The maximum atomic E-state index is 12.7. The first kappa shape index (κ1) is 18.6. The minimum atomic E-state index is -0.638. The number of urea groups is 1. The minimum Gasteiger partial charge on any atom is -0.345 e. The van der Waals surface area contributed by atoms with Crippen LogP contribution in [-0.4, -0.2) is 39.8 Å². The molecule has 0 spiro atoms. The molecule has 1 N–H and O–H groups in total. The van der Waals surface area contributed by atoms with Crippen LogP contribution in [0.3, 0.4) is 0 Å². The van der Waals surface area contributed by atoms with Crippen LogP contribution in [0.2, 0.25) is 0 Å². The second-order valence-corrected chi connectivity index (χ2v) is 6.72. The number of hydrogen-bond acceptors (Lipinski definition) is 3. The van der Waals surface area contributed by atoms with Gasteiger partial charge in [-0.15, -0.1) is 6.58 Å². The molecular formula is C21H23N3O3. The fourth-order valence-electron chi connectivity index (χ4n) is 3.44. The number of nitrogens with one attached hydrogen (secondary N) is 1. The maximum absolute atomic E-state index is 12.7. The molecule has 1 aromatic carbocycles. The van der Waals surface area contributed by atoms with Crippen molar-refractivity contribution >= 4 is 17.7 Å². The lowest BCUT2D eigenvalue weighted by atomic mass is 10.1. The van der Waals surface area contributed by atoms with E-state index in [1.165, 1.54) is 0 Å². The van der Waals surface area contributed by atoms with Crippen LogP contribution < -0.4 is 5.32 Å². The van der Waals surface area contributed by atoms with E-state index in [2.05, 4.69) is 11.9 Å². The van der Waals surface area contributed by atoms with Gasteiger partial charge in [0.05, 0.1) is 6.54 Å². The van der Waals surface area contributed by atoms with Crippen molar-refractivity contribution in [3.05, 3.63) is 71.6 Å². The zero-order valence-electron chi connectivity index (χ0n) is 15.6. The largest absolute Gasteiger partial charge is 0.345 e. The molecule has 3 amide bonds. The first-order valence-electron chi connectivity index (χ1n) is 8.89. The molecule has 1 aliphatic rings. The molecule has 140 valence electrons. The van der Waals surface area contributed by atoms with Gasteiger partial charge in [-0.05, 0) is 25.5 Å². The third-order valence-electron chi connectivity index (χ3n) is 4.88. The monoisotopic (exact) mass is 365 g/mol. The van der Waals surface area contributed by atoms with Gasteiger partial charge in [0.1, 0.15) is 6.04 Å². The van der Waals surface area contributed by atoms with Crippen molar-refractivity contribution in [1.29, 1.82) is 0 Å². The number of ketones is 1. The molecule has 6 nitrogen and oxygen atoms in total. The lowest BCUT2D eigenvalue weighted by Crippen LogP contribution is -2.36. The first-order valence-corrected chi connectivity index (χ1v) is 8.89. The maximum Gasteiger partial charge on any atom is 0.325 e. The lowest BCUT2D eigenvalue weighted by Gasteiger charge is -2.12. The summed E-state index contributed by atoms with van der Waals surface area (Å²) in [7, 11) is 0. The minimum absolute atomic E-state index is 0.248. The van der Waals surface area contributed by atoms with Crippen molar-refractivity contribution in [2.24, 2.45) is 0 Å². The van der Waals surface area contributed by atoms with Gasteiger partial charge in [-0.2, -0.15) is 0 Å². The Morgan fingerprint density at radius 2 is 1.93 bits per heavy atom. The van der Waals surface area contributed by atoms with Crippen LogP contribution in [0, 0.1) is 13.8 Å². The van der Waals surface area contributed by atoms with E-state index >= 15 is 0 Å². The number of nitrogens with zero attached hydrogens (tertiary/aromatic N) is 2. The Hall–Kier alpha value is -3.15. The molecule has 1 atom stereocenters. The number of Topliss-reactive ketones (excluding diaryl/α,β-unsaturated/α-hetero) is 1. The zero-order chi connectivity index (χ0) is 19.6. The van der Waals surface area contributed by atoms with Crippen LogP contribution in [0.25, 0.3) is 0 Å². The predicted octanol–water partition coefficient (Wildman–Crippen LogP) is 2.64. The molecule has 1 unspecified atom stereocenters. The second kappa shape index (κ2) is 7.61. The number of imide groups is 1. The van der Waals surface area contributed by atoms with E-state index in [1.807, 2.05) is 48.7 Å². The molecule has 1 saturated heterocycles. The van der Waals surface area contributed by atoms with Crippen molar-refractivity contribution in [2.45, 2.75) is 32.9 Å². The summed E-state index contributed by atoms with van der Waals surface area (Å²) in [6, 6.07) is 10.1. The first-order chi connectivity index (χ1) is 12.9. The number of carbonyl (C=O) groups is 3. The summed E-state index contributed by atoms with van der Waals surface area (Å²) in [5, 5.41) is 2.68. The van der Waals surface area contributed by atoms with E-state index in [-0.39, 0.29) is 18.2 Å². The molecule has 0 radical (unpaired) electrons. The molecule has 3 rings (SSSR count). The van der Waals surface area contributed by atoms with Crippen LogP contribution in [0.15, 0.2) is 49.1 Å². The Labute approximate surface area is 158 Å². The number of amides is 3. The van der Waals surface area contributed by atoms with Crippen molar-refractivity contribution in [3.8, 4) is 0 Å². The number of rotatable bonds is 7. The molecule has 2 aromatic rings. The van der Waals surface area contributed by atoms with Crippen molar-refractivity contribution < 1.29 is 14.4 Å². The van der Waals surface area contributed by atoms with Gasteiger partial charge in [-0.1, -0.05) is 36.4 Å². The fourth-order valence-corrected chi connectivity index (χ4v) is 3.44. The quantitative estimate of drug-likeness (QED) is 0.466. The molecule has 6 heteroatoms. The summed E-state index contributed by atoms with van der Waals surface area (Å²) in [5.41, 5.74) is 3.24. The van der Waals surface area contributed by atoms with E-state index in [4.69, 9.17) is 0 Å². The Balaban J connectivity index is 1.73. The Morgan fingerprint density at radius 1 is 1.22 bits per heavy atom. The number of allylic oxidation sites excluding steroid dienone is 1. The number of hydrogen-bond donors (Lipinski definition) is 1. The van der Waals surface area contributed by atoms with E-state index in [0.717, 1.165) is 21.9 Å². The summed E-state index contributed by atoms with van der Waals surface area (Å²) in [5.74, 6) is -0.612. The zero-order valence-corrected chi connectivity index (χ0v) is 15.6. The van der Waals surface area contributed by atoms with E-state index in [9.17, 15) is 14.4 Å². The third kappa shape index (κ3) is 3.69. The van der Waals surface area contributed by atoms with Crippen molar-refractivity contribution in [1.82, 2.24) is 14.8 Å². The normalized spacial score (nSPS) is 16.5. The van der Waals surface area contributed by atoms with Gasteiger partial charge in [0.15, 0.2) is 5.78 Å². The van der Waals surface area contributed by atoms with Crippen LogP contribution in [0.5, 0.6) is 0 Å². The van der Waals surface area contributed by atoms with Gasteiger partial charge in [-0.25, -0.2) is 4.79 Å². The summed E-state index contributed by atoms with van der Waals surface area (Å²) in [4.78, 5) is 38.6.